The van der Waals surface area contributed by atoms with Crippen LogP contribution in [0.25, 0.3) is 0 Å². The molecule has 0 rings (SSSR count). The Kier molecular flexibility index (Phi) is 32.1. The lowest BCUT2D eigenvalue weighted by molar-refractivity contribution is -0.159. The number of rotatable bonds is 31. The summed E-state index contributed by atoms with van der Waals surface area (Å²) in [5.41, 5.74) is 0. The van der Waals surface area contributed by atoms with Crippen molar-refractivity contribution >= 4 is 11.9 Å². The van der Waals surface area contributed by atoms with Gasteiger partial charge in [0.2, 0.25) is 0 Å². The van der Waals surface area contributed by atoms with E-state index in [1.807, 2.05) is 0 Å². The molecule has 0 saturated carbocycles. The first-order chi connectivity index (χ1) is 19.2. The normalized spacial score (nSPS) is 11.4. The van der Waals surface area contributed by atoms with Crippen LogP contribution in [0.1, 0.15) is 206 Å². The number of esters is 2. The van der Waals surface area contributed by atoms with E-state index < -0.39 is 0 Å². The molecule has 0 N–H and O–H groups in total. The second-order valence-corrected chi connectivity index (χ2v) is 11.9. The SMILES string of the molecule is CCCCCCCC/C=C/CCCCCCCC(=O)OC(=O)CCCCCCCCCCCCCCCCC. The molecule has 0 radical (unpaired) electrons. The molecule has 0 aliphatic heterocycles. The van der Waals surface area contributed by atoms with Gasteiger partial charge in [0.25, 0.3) is 0 Å². The van der Waals surface area contributed by atoms with Gasteiger partial charge in [0, 0.05) is 12.8 Å². The fourth-order valence-corrected chi connectivity index (χ4v) is 5.21. The van der Waals surface area contributed by atoms with E-state index in [0.717, 1.165) is 32.1 Å². The fraction of sp³-hybridized carbons (Fsp3) is 0.889. The largest absolute Gasteiger partial charge is 0.393 e. The number of carbonyl (C=O) groups excluding carboxylic acids is 2. The van der Waals surface area contributed by atoms with Crippen molar-refractivity contribution in [3.63, 3.8) is 0 Å². The maximum atomic E-state index is 11.9. The highest BCUT2D eigenvalue weighted by molar-refractivity contribution is 5.85. The Balaban J connectivity index is 3.32. The number of unbranched alkanes of at least 4 members (excludes halogenated alkanes) is 25. The number of allylic oxidation sites excluding steroid dienone is 2. The van der Waals surface area contributed by atoms with Crippen molar-refractivity contribution in [1.29, 1.82) is 0 Å². The molecule has 0 aromatic carbocycles. The summed E-state index contributed by atoms with van der Waals surface area (Å²) in [5.74, 6) is -0.666. The smallest absolute Gasteiger partial charge is 0.313 e. The van der Waals surface area contributed by atoms with Crippen molar-refractivity contribution < 1.29 is 14.3 Å². The van der Waals surface area contributed by atoms with Crippen molar-refractivity contribution in [2.24, 2.45) is 0 Å². The van der Waals surface area contributed by atoms with Crippen LogP contribution >= 0.6 is 0 Å². The molecule has 0 amide bonds. The maximum Gasteiger partial charge on any atom is 0.313 e. The van der Waals surface area contributed by atoms with Crippen molar-refractivity contribution in [3.8, 4) is 0 Å². The molecule has 0 bridgehead atoms. The average molecular weight is 549 g/mol. The lowest BCUT2D eigenvalue weighted by Gasteiger charge is -2.04. The topological polar surface area (TPSA) is 43.4 Å². The monoisotopic (exact) mass is 549 g/mol. The molecule has 0 aromatic rings. The molecule has 0 atom stereocenters. The molecule has 39 heavy (non-hydrogen) atoms. The summed E-state index contributed by atoms with van der Waals surface area (Å²) in [6, 6.07) is 0. The second kappa shape index (κ2) is 33.1. The highest BCUT2D eigenvalue weighted by Gasteiger charge is 2.09. The molecule has 0 aliphatic carbocycles. The predicted molar refractivity (Wildman–Crippen MR) is 170 cm³/mol. The minimum atomic E-state index is -0.335. The molecular weight excluding hydrogens is 480 g/mol. The minimum Gasteiger partial charge on any atom is -0.393 e. The van der Waals surface area contributed by atoms with Crippen LogP contribution in [0.2, 0.25) is 0 Å². The molecule has 0 unspecified atom stereocenters. The Morgan fingerprint density at radius 2 is 0.641 bits per heavy atom. The van der Waals surface area contributed by atoms with Crippen LogP contribution < -0.4 is 0 Å². The zero-order valence-corrected chi connectivity index (χ0v) is 26.6. The van der Waals surface area contributed by atoms with E-state index in [-0.39, 0.29) is 11.9 Å². The number of hydrogen-bond acceptors (Lipinski definition) is 3. The summed E-state index contributed by atoms with van der Waals surface area (Å²) < 4.78 is 5.00. The van der Waals surface area contributed by atoms with E-state index >= 15 is 0 Å². The second-order valence-electron chi connectivity index (χ2n) is 11.9. The molecule has 0 saturated heterocycles. The van der Waals surface area contributed by atoms with Crippen molar-refractivity contribution in [2.45, 2.75) is 206 Å². The number of hydrogen-bond donors (Lipinski definition) is 0. The van der Waals surface area contributed by atoms with Crippen LogP contribution in [0, 0.1) is 0 Å². The third-order valence-electron chi connectivity index (χ3n) is 7.85. The van der Waals surface area contributed by atoms with Crippen LogP contribution in [-0.2, 0) is 14.3 Å². The standard InChI is InChI=1S/C36H68O3/c1-3-5-7-9-11-13-15-17-19-21-23-25-27-29-31-33-35(37)39-36(38)34-32-30-28-26-24-22-20-18-16-14-12-10-8-6-4-2/h17,19H,3-16,18,20-34H2,1-2H3/b19-17+. The number of carbonyl (C=O) groups is 2. The predicted octanol–water partition coefficient (Wildman–Crippen LogP) is 12.4. The van der Waals surface area contributed by atoms with Crippen molar-refractivity contribution in [3.05, 3.63) is 12.2 Å². The van der Waals surface area contributed by atoms with Gasteiger partial charge in [-0.05, 0) is 38.5 Å². The van der Waals surface area contributed by atoms with Crippen LogP contribution in [-0.4, -0.2) is 11.9 Å². The van der Waals surface area contributed by atoms with Gasteiger partial charge in [0.05, 0.1) is 0 Å². The van der Waals surface area contributed by atoms with Crippen molar-refractivity contribution in [1.82, 2.24) is 0 Å². The minimum absolute atomic E-state index is 0.331. The first-order valence-electron chi connectivity index (χ1n) is 17.6. The molecule has 3 nitrogen and oxygen atoms in total. The van der Waals surface area contributed by atoms with E-state index in [9.17, 15) is 9.59 Å². The lowest BCUT2D eigenvalue weighted by Crippen LogP contribution is -2.11. The summed E-state index contributed by atoms with van der Waals surface area (Å²) in [6.07, 6.45) is 41.2. The quantitative estimate of drug-likeness (QED) is 0.0374. The first-order valence-corrected chi connectivity index (χ1v) is 17.6. The Morgan fingerprint density at radius 1 is 0.385 bits per heavy atom. The third-order valence-corrected chi connectivity index (χ3v) is 7.85. The summed E-state index contributed by atoms with van der Waals surface area (Å²) >= 11 is 0. The highest BCUT2D eigenvalue weighted by atomic mass is 16.6. The van der Waals surface area contributed by atoms with Gasteiger partial charge in [-0.15, -0.1) is 0 Å². The van der Waals surface area contributed by atoms with E-state index in [1.54, 1.807) is 0 Å². The van der Waals surface area contributed by atoms with Crippen LogP contribution in [0.4, 0.5) is 0 Å². The van der Waals surface area contributed by atoms with Gasteiger partial charge >= 0.3 is 11.9 Å². The molecule has 0 aromatic heterocycles. The van der Waals surface area contributed by atoms with E-state index in [0.29, 0.717) is 12.8 Å². The highest BCUT2D eigenvalue weighted by Crippen LogP contribution is 2.14. The summed E-state index contributed by atoms with van der Waals surface area (Å²) in [4.78, 5) is 23.8. The lowest BCUT2D eigenvalue weighted by atomic mass is 10.0. The van der Waals surface area contributed by atoms with E-state index in [4.69, 9.17) is 4.74 Å². The van der Waals surface area contributed by atoms with Gasteiger partial charge in [-0.1, -0.05) is 167 Å². The zero-order valence-electron chi connectivity index (χ0n) is 26.6. The van der Waals surface area contributed by atoms with Crippen LogP contribution in [0.15, 0.2) is 12.2 Å². The Morgan fingerprint density at radius 3 is 0.949 bits per heavy atom. The van der Waals surface area contributed by atoms with Gasteiger partial charge < -0.3 is 4.74 Å². The molecular formula is C36H68O3. The fourth-order valence-electron chi connectivity index (χ4n) is 5.21. The summed E-state index contributed by atoms with van der Waals surface area (Å²) in [5, 5.41) is 0. The van der Waals surface area contributed by atoms with Gasteiger partial charge in [-0.3, -0.25) is 9.59 Å². The molecule has 0 spiro atoms. The summed E-state index contributed by atoms with van der Waals surface area (Å²) in [7, 11) is 0. The van der Waals surface area contributed by atoms with E-state index in [1.165, 1.54) is 148 Å². The zero-order chi connectivity index (χ0) is 28.5. The molecule has 0 fully saturated rings. The molecule has 3 heteroatoms. The van der Waals surface area contributed by atoms with Gasteiger partial charge in [0.1, 0.15) is 0 Å². The Labute approximate surface area is 244 Å². The van der Waals surface area contributed by atoms with Crippen molar-refractivity contribution in [2.75, 3.05) is 0 Å². The maximum absolute atomic E-state index is 11.9. The summed E-state index contributed by atoms with van der Waals surface area (Å²) in [6.45, 7) is 4.54. The Bertz CT molecular complexity index is 539. The van der Waals surface area contributed by atoms with Crippen LogP contribution in [0.5, 0.6) is 0 Å². The number of ether oxygens (including phenoxy) is 1. The molecule has 0 heterocycles. The molecule has 230 valence electrons. The first kappa shape index (κ1) is 37.9. The van der Waals surface area contributed by atoms with Gasteiger partial charge in [0.15, 0.2) is 0 Å². The Hall–Kier alpha value is -1.12. The van der Waals surface area contributed by atoms with Gasteiger partial charge in [-0.2, -0.15) is 0 Å². The third kappa shape index (κ3) is 33.0. The molecule has 0 aliphatic rings. The van der Waals surface area contributed by atoms with Crippen LogP contribution in [0.3, 0.4) is 0 Å². The van der Waals surface area contributed by atoms with E-state index in [2.05, 4.69) is 26.0 Å². The average Bonchev–Trinajstić information content (AvgIpc) is 2.93. The van der Waals surface area contributed by atoms with Gasteiger partial charge in [-0.25, -0.2) is 0 Å².